The minimum Gasteiger partial charge on any atom is -0.444 e. The fraction of sp³-hybridized carbons (Fsp3) is 0.688. The van der Waals surface area contributed by atoms with Gasteiger partial charge >= 0.3 is 6.09 Å². The molecule has 1 aromatic heterocycles. The van der Waals surface area contributed by atoms with Crippen LogP contribution in [0.1, 0.15) is 39.2 Å². The number of ether oxygens (including phenoxy) is 1. The number of carbonyl (C=O) groups is 1. The van der Waals surface area contributed by atoms with Gasteiger partial charge in [-0.05, 0) is 52.2 Å². The molecule has 0 unspecified atom stereocenters. The van der Waals surface area contributed by atoms with Crippen LogP contribution in [0.2, 0.25) is 0 Å². The number of carbonyl (C=O) groups excluding carboxylic acids is 1. The van der Waals surface area contributed by atoms with Gasteiger partial charge in [-0.3, -0.25) is 0 Å². The highest BCUT2D eigenvalue weighted by Crippen LogP contribution is 2.22. The van der Waals surface area contributed by atoms with E-state index >= 15 is 0 Å². The topological polar surface area (TPSA) is 58.6 Å². The van der Waals surface area contributed by atoms with Crippen LogP contribution >= 0.6 is 0 Å². The summed E-state index contributed by atoms with van der Waals surface area (Å²) in [7, 11) is 2.04. The van der Waals surface area contributed by atoms with E-state index < -0.39 is 5.60 Å². The first kappa shape index (κ1) is 16.5. The number of nitrogens with zero attached hydrogens (tertiary/aromatic N) is 4. The van der Waals surface area contributed by atoms with Gasteiger partial charge in [-0.25, -0.2) is 4.79 Å². The third-order valence-electron chi connectivity index (χ3n) is 3.80. The van der Waals surface area contributed by atoms with E-state index in [2.05, 4.69) is 15.1 Å². The molecule has 0 spiro atoms. The Hall–Kier alpha value is -1.85. The lowest BCUT2D eigenvalue weighted by molar-refractivity contribution is 0.0205. The molecule has 0 saturated carbocycles. The van der Waals surface area contributed by atoms with Gasteiger partial charge in [0.1, 0.15) is 5.60 Å². The van der Waals surface area contributed by atoms with Gasteiger partial charge < -0.3 is 14.5 Å². The van der Waals surface area contributed by atoms with E-state index in [4.69, 9.17) is 4.74 Å². The highest BCUT2D eigenvalue weighted by atomic mass is 16.6. The van der Waals surface area contributed by atoms with Gasteiger partial charge in [0, 0.05) is 26.2 Å². The number of hydrogen-bond donors (Lipinski definition) is 0. The van der Waals surface area contributed by atoms with Crippen molar-refractivity contribution in [3.8, 4) is 0 Å². The smallest absolute Gasteiger partial charge is 0.410 e. The molecule has 1 saturated heterocycles. The number of anilines is 1. The van der Waals surface area contributed by atoms with Crippen molar-refractivity contribution in [3.63, 3.8) is 0 Å². The zero-order chi connectivity index (χ0) is 16.3. The van der Waals surface area contributed by atoms with Crippen molar-refractivity contribution in [3.05, 3.63) is 17.8 Å². The molecular weight excluding hydrogens is 280 g/mol. The maximum Gasteiger partial charge on any atom is 0.410 e. The molecule has 6 heteroatoms. The average Bonchev–Trinajstić information content (AvgIpc) is 2.45. The maximum absolute atomic E-state index is 12.1. The van der Waals surface area contributed by atoms with Gasteiger partial charge in [0.2, 0.25) is 0 Å². The van der Waals surface area contributed by atoms with Crippen molar-refractivity contribution in [2.24, 2.45) is 0 Å². The van der Waals surface area contributed by atoms with E-state index in [0.717, 1.165) is 24.2 Å². The number of hydrogen-bond acceptors (Lipinski definition) is 5. The number of piperidine rings is 1. The lowest BCUT2D eigenvalue weighted by atomic mass is 10.0. The molecule has 1 aromatic rings. The summed E-state index contributed by atoms with van der Waals surface area (Å²) in [5, 5.41) is 8.20. The zero-order valence-electron chi connectivity index (χ0n) is 14.2. The second-order valence-corrected chi connectivity index (χ2v) is 6.90. The third kappa shape index (κ3) is 4.32. The Kier molecular flexibility index (Phi) is 4.88. The van der Waals surface area contributed by atoms with Crippen LogP contribution in [0.15, 0.2) is 12.3 Å². The van der Waals surface area contributed by atoms with Gasteiger partial charge in [-0.1, -0.05) is 0 Å². The molecule has 0 bridgehead atoms. The molecule has 22 heavy (non-hydrogen) atoms. The van der Waals surface area contributed by atoms with Crippen LogP contribution in [0, 0.1) is 6.92 Å². The molecule has 0 N–H and O–H groups in total. The lowest BCUT2D eigenvalue weighted by Gasteiger charge is -2.37. The summed E-state index contributed by atoms with van der Waals surface area (Å²) >= 11 is 0. The van der Waals surface area contributed by atoms with Crippen LogP contribution in [-0.2, 0) is 4.74 Å². The highest BCUT2D eigenvalue weighted by Gasteiger charge is 2.28. The summed E-state index contributed by atoms with van der Waals surface area (Å²) in [6.45, 7) is 9.11. The summed E-state index contributed by atoms with van der Waals surface area (Å²) in [4.78, 5) is 16.0. The first-order valence-electron chi connectivity index (χ1n) is 7.76. The minimum atomic E-state index is -0.443. The molecule has 6 nitrogen and oxygen atoms in total. The SMILES string of the molecule is Cc1cnnc(N(C)C2CCN(C(=O)OC(C)(C)C)CC2)c1. The Morgan fingerprint density at radius 1 is 1.36 bits per heavy atom. The van der Waals surface area contributed by atoms with Crippen molar-refractivity contribution < 1.29 is 9.53 Å². The van der Waals surface area contributed by atoms with Crippen molar-refractivity contribution in [1.82, 2.24) is 15.1 Å². The molecular formula is C16H26N4O2. The molecule has 1 amide bonds. The first-order valence-corrected chi connectivity index (χ1v) is 7.76. The van der Waals surface area contributed by atoms with Crippen molar-refractivity contribution in [1.29, 1.82) is 0 Å². The van der Waals surface area contributed by atoms with Crippen LogP contribution in [-0.4, -0.2) is 53.0 Å². The number of likely N-dealkylation sites (tertiary alicyclic amines) is 1. The fourth-order valence-corrected chi connectivity index (χ4v) is 2.57. The normalized spacial score (nSPS) is 16.5. The number of aryl methyl sites for hydroxylation is 1. The molecule has 1 aliphatic heterocycles. The first-order chi connectivity index (χ1) is 10.3. The monoisotopic (exact) mass is 306 g/mol. The van der Waals surface area contributed by atoms with Crippen molar-refractivity contribution in [2.75, 3.05) is 25.0 Å². The fourth-order valence-electron chi connectivity index (χ4n) is 2.57. The second kappa shape index (κ2) is 6.50. The van der Waals surface area contributed by atoms with Crippen LogP contribution in [0.5, 0.6) is 0 Å². The van der Waals surface area contributed by atoms with Crippen LogP contribution < -0.4 is 4.90 Å². The standard InChI is InChI=1S/C16H26N4O2/c1-12-10-14(18-17-11-12)19(5)13-6-8-20(9-7-13)15(21)22-16(2,3)4/h10-11,13H,6-9H2,1-5H3. The lowest BCUT2D eigenvalue weighted by Crippen LogP contribution is -2.47. The van der Waals surface area contributed by atoms with Gasteiger partial charge in [-0.2, -0.15) is 5.10 Å². The predicted molar refractivity (Wildman–Crippen MR) is 86.0 cm³/mol. The molecule has 1 fully saturated rings. The van der Waals surface area contributed by atoms with Gasteiger partial charge in [0.25, 0.3) is 0 Å². The van der Waals surface area contributed by atoms with Crippen LogP contribution in [0.4, 0.5) is 10.6 Å². The third-order valence-corrected chi connectivity index (χ3v) is 3.80. The minimum absolute atomic E-state index is 0.219. The molecule has 2 rings (SSSR count). The second-order valence-electron chi connectivity index (χ2n) is 6.90. The summed E-state index contributed by atoms with van der Waals surface area (Å²) in [5.41, 5.74) is 0.657. The zero-order valence-corrected chi connectivity index (χ0v) is 14.2. The van der Waals surface area contributed by atoms with E-state index in [1.165, 1.54) is 0 Å². The Morgan fingerprint density at radius 3 is 2.55 bits per heavy atom. The highest BCUT2D eigenvalue weighted by molar-refractivity contribution is 5.68. The van der Waals surface area contributed by atoms with E-state index in [1.807, 2.05) is 40.8 Å². The van der Waals surface area contributed by atoms with Gasteiger partial charge in [0.05, 0.1) is 6.20 Å². The summed E-state index contributed by atoms with van der Waals surface area (Å²) < 4.78 is 5.42. The van der Waals surface area contributed by atoms with Crippen LogP contribution in [0.25, 0.3) is 0 Å². The van der Waals surface area contributed by atoms with Crippen LogP contribution in [0.3, 0.4) is 0 Å². The molecule has 0 radical (unpaired) electrons. The summed E-state index contributed by atoms with van der Waals surface area (Å²) in [5.74, 6) is 0.885. The summed E-state index contributed by atoms with van der Waals surface area (Å²) in [6, 6.07) is 2.41. The van der Waals surface area contributed by atoms with E-state index in [0.29, 0.717) is 19.1 Å². The Balaban J connectivity index is 1.90. The molecule has 1 aliphatic rings. The number of amides is 1. The average molecular weight is 306 g/mol. The molecule has 0 aliphatic carbocycles. The largest absolute Gasteiger partial charge is 0.444 e. The van der Waals surface area contributed by atoms with Crippen molar-refractivity contribution >= 4 is 11.9 Å². The Bertz CT molecular complexity index is 519. The summed E-state index contributed by atoms with van der Waals surface area (Å²) in [6.07, 6.45) is 3.35. The maximum atomic E-state index is 12.1. The van der Waals surface area contributed by atoms with E-state index in [9.17, 15) is 4.79 Å². The van der Waals surface area contributed by atoms with E-state index in [-0.39, 0.29) is 6.09 Å². The molecule has 0 aromatic carbocycles. The molecule has 2 heterocycles. The number of aromatic nitrogens is 2. The quantitative estimate of drug-likeness (QED) is 0.840. The van der Waals surface area contributed by atoms with Crippen molar-refractivity contribution in [2.45, 2.75) is 52.2 Å². The van der Waals surface area contributed by atoms with E-state index in [1.54, 1.807) is 11.1 Å². The van der Waals surface area contributed by atoms with Gasteiger partial charge in [-0.15, -0.1) is 5.10 Å². The van der Waals surface area contributed by atoms with Gasteiger partial charge in [0.15, 0.2) is 5.82 Å². The Labute approximate surface area is 132 Å². The number of rotatable bonds is 2. The predicted octanol–water partition coefficient (Wildman–Crippen LogP) is 2.62. The molecule has 122 valence electrons. The Morgan fingerprint density at radius 2 is 2.00 bits per heavy atom. The molecule has 0 atom stereocenters.